The zero-order valence-electron chi connectivity index (χ0n) is 15.0. The van der Waals surface area contributed by atoms with Crippen molar-refractivity contribution in [2.45, 2.75) is 0 Å². The van der Waals surface area contributed by atoms with Gasteiger partial charge in [0.25, 0.3) is 5.91 Å². The fraction of sp³-hybridized carbons (Fsp3) is 0.143. The number of nitrogens with one attached hydrogen (secondary N) is 1. The summed E-state index contributed by atoms with van der Waals surface area (Å²) in [6, 6.07) is 15.1. The lowest BCUT2D eigenvalue weighted by atomic mass is 10.1. The predicted molar refractivity (Wildman–Crippen MR) is 108 cm³/mol. The van der Waals surface area contributed by atoms with Gasteiger partial charge < -0.3 is 14.8 Å². The average molecular weight is 383 g/mol. The summed E-state index contributed by atoms with van der Waals surface area (Å²) >= 11 is 6.04. The molecular weight excluding hydrogens is 364 g/mol. The first-order valence-corrected chi connectivity index (χ1v) is 8.72. The van der Waals surface area contributed by atoms with Gasteiger partial charge in [0.05, 0.1) is 18.3 Å². The predicted octanol–water partition coefficient (Wildman–Crippen LogP) is 4.19. The number of benzene rings is 2. The van der Waals surface area contributed by atoms with Gasteiger partial charge in [-0.15, -0.1) is 0 Å². The third-order valence-corrected chi connectivity index (χ3v) is 4.18. The molecule has 0 aliphatic carbocycles. The van der Waals surface area contributed by atoms with Crippen molar-refractivity contribution in [1.82, 2.24) is 10.3 Å². The van der Waals surface area contributed by atoms with Crippen LogP contribution in [0.3, 0.4) is 0 Å². The molecule has 6 heteroatoms. The molecule has 0 bridgehead atoms. The summed E-state index contributed by atoms with van der Waals surface area (Å²) in [6.07, 6.45) is 3.85. The molecule has 0 aliphatic rings. The quantitative estimate of drug-likeness (QED) is 0.694. The van der Waals surface area contributed by atoms with E-state index >= 15 is 0 Å². The van der Waals surface area contributed by atoms with Gasteiger partial charge in [-0.1, -0.05) is 35.9 Å². The molecule has 0 radical (unpaired) electrons. The lowest BCUT2D eigenvalue weighted by Crippen LogP contribution is -2.24. The molecule has 0 spiro atoms. The van der Waals surface area contributed by atoms with Crippen molar-refractivity contribution in [2.24, 2.45) is 0 Å². The molecule has 1 aromatic heterocycles. The number of carbonyl (C=O) groups excluding carboxylic acids is 1. The molecule has 0 saturated carbocycles. The Labute approximate surface area is 162 Å². The van der Waals surface area contributed by atoms with E-state index in [4.69, 9.17) is 21.1 Å². The van der Waals surface area contributed by atoms with Crippen LogP contribution in [-0.2, 0) is 4.79 Å². The molecule has 0 fully saturated rings. The Balaban J connectivity index is 1.79. The second kappa shape index (κ2) is 8.56. The Morgan fingerprint density at radius 1 is 1.11 bits per heavy atom. The van der Waals surface area contributed by atoms with Crippen LogP contribution in [0, 0.1) is 0 Å². The number of amides is 1. The maximum atomic E-state index is 11.3. The Bertz CT molecular complexity index is 1000. The summed E-state index contributed by atoms with van der Waals surface area (Å²) in [5, 5.41) is 4.21. The molecule has 1 heterocycles. The standard InChI is InChI=1S/C21H19ClN2O3/c1-23-21(25)13-27-19-10-4-14(11-20(19)26-2)3-8-17-9-6-15-5-7-16(22)12-18(15)24-17/h3-12H,13H2,1-2H3,(H,23,25)/b8-3+. The van der Waals surface area contributed by atoms with Gasteiger partial charge in [0.2, 0.25) is 0 Å². The van der Waals surface area contributed by atoms with E-state index in [0.717, 1.165) is 22.2 Å². The molecule has 1 N–H and O–H groups in total. The highest BCUT2D eigenvalue weighted by molar-refractivity contribution is 6.31. The van der Waals surface area contributed by atoms with Crippen molar-refractivity contribution < 1.29 is 14.3 Å². The number of fused-ring (bicyclic) bond motifs is 1. The van der Waals surface area contributed by atoms with Gasteiger partial charge in [-0.2, -0.15) is 0 Å². The molecule has 3 rings (SSSR count). The maximum absolute atomic E-state index is 11.3. The third kappa shape index (κ3) is 4.77. The normalized spacial score (nSPS) is 10.9. The van der Waals surface area contributed by atoms with E-state index in [1.165, 1.54) is 0 Å². The van der Waals surface area contributed by atoms with Crippen molar-refractivity contribution in [2.75, 3.05) is 20.8 Å². The number of ether oxygens (including phenoxy) is 2. The molecule has 0 unspecified atom stereocenters. The van der Waals surface area contributed by atoms with Gasteiger partial charge in [0, 0.05) is 17.5 Å². The maximum Gasteiger partial charge on any atom is 0.257 e. The molecule has 138 valence electrons. The van der Waals surface area contributed by atoms with Crippen LogP contribution < -0.4 is 14.8 Å². The Morgan fingerprint density at radius 3 is 2.70 bits per heavy atom. The van der Waals surface area contributed by atoms with Crippen LogP contribution in [-0.4, -0.2) is 31.7 Å². The van der Waals surface area contributed by atoms with Crippen molar-refractivity contribution in [3.8, 4) is 11.5 Å². The Morgan fingerprint density at radius 2 is 1.93 bits per heavy atom. The number of hydrogen-bond acceptors (Lipinski definition) is 4. The molecule has 0 aliphatic heterocycles. The molecule has 1 amide bonds. The van der Waals surface area contributed by atoms with Crippen LogP contribution in [0.15, 0.2) is 48.5 Å². The second-order valence-electron chi connectivity index (χ2n) is 5.78. The van der Waals surface area contributed by atoms with Crippen LogP contribution in [0.4, 0.5) is 0 Å². The Hall–Kier alpha value is -3.05. The van der Waals surface area contributed by atoms with E-state index in [-0.39, 0.29) is 12.5 Å². The van der Waals surface area contributed by atoms with Crippen molar-refractivity contribution in [3.63, 3.8) is 0 Å². The monoisotopic (exact) mass is 382 g/mol. The Kier molecular flexibility index (Phi) is 5.94. The highest BCUT2D eigenvalue weighted by Gasteiger charge is 2.07. The van der Waals surface area contributed by atoms with Crippen LogP contribution in [0.1, 0.15) is 11.3 Å². The van der Waals surface area contributed by atoms with Gasteiger partial charge in [-0.3, -0.25) is 4.79 Å². The average Bonchev–Trinajstić information content (AvgIpc) is 2.70. The van der Waals surface area contributed by atoms with Gasteiger partial charge >= 0.3 is 0 Å². The van der Waals surface area contributed by atoms with Gasteiger partial charge in [-0.05, 0) is 42.0 Å². The van der Waals surface area contributed by atoms with Crippen LogP contribution in [0.25, 0.3) is 23.1 Å². The molecule has 0 atom stereocenters. The number of methoxy groups -OCH3 is 1. The SMILES string of the molecule is CNC(=O)COc1ccc(/C=C/c2ccc3ccc(Cl)cc3n2)cc1OC. The van der Waals surface area contributed by atoms with E-state index in [0.29, 0.717) is 16.5 Å². The first kappa shape index (κ1) is 18.7. The number of pyridine rings is 1. The molecule has 3 aromatic rings. The largest absolute Gasteiger partial charge is 0.493 e. The number of hydrogen-bond donors (Lipinski definition) is 1. The van der Waals surface area contributed by atoms with Crippen LogP contribution >= 0.6 is 11.6 Å². The first-order valence-electron chi connectivity index (χ1n) is 8.35. The minimum Gasteiger partial charge on any atom is -0.493 e. The first-order chi connectivity index (χ1) is 13.1. The molecule has 0 saturated heterocycles. The number of rotatable bonds is 6. The van der Waals surface area contributed by atoms with Crippen LogP contribution in [0.2, 0.25) is 5.02 Å². The van der Waals surface area contributed by atoms with Crippen molar-refractivity contribution >= 4 is 40.6 Å². The summed E-state index contributed by atoms with van der Waals surface area (Å²) in [5.41, 5.74) is 2.59. The third-order valence-electron chi connectivity index (χ3n) is 3.95. The van der Waals surface area contributed by atoms with Gasteiger partial charge in [-0.25, -0.2) is 4.98 Å². The minimum atomic E-state index is -0.205. The van der Waals surface area contributed by atoms with Crippen molar-refractivity contribution in [1.29, 1.82) is 0 Å². The molecular formula is C21H19ClN2O3. The lowest BCUT2D eigenvalue weighted by Gasteiger charge is -2.10. The summed E-state index contributed by atoms with van der Waals surface area (Å²) in [5.74, 6) is 0.861. The topological polar surface area (TPSA) is 60.5 Å². The number of halogens is 1. The highest BCUT2D eigenvalue weighted by Crippen LogP contribution is 2.29. The van der Waals surface area contributed by atoms with Gasteiger partial charge in [0.15, 0.2) is 18.1 Å². The van der Waals surface area contributed by atoms with E-state index in [1.807, 2.05) is 54.6 Å². The number of carbonyl (C=O) groups is 1. The highest BCUT2D eigenvalue weighted by atomic mass is 35.5. The zero-order valence-corrected chi connectivity index (χ0v) is 15.8. The summed E-state index contributed by atoms with van der Waals surface area (Å²) in [6.45, 7) is -0.0639. The molecule has 5 nitrogen and oxygen atoms in total. The minimum absolute atomic E-state index is 0.0639. The molecule has 27 heavy (non-hydrogen) atoms. The van der Waals surface area contributed by atoms with Gasteiger partial charge in [0.1, 0.15) is 0 Å². The van der Waals surface area contributed by atoms with Crippen LogP contribution in [0.5, 0.6) is 11.5 Å². The number of likely N-dealkylation sites (N-methyl/N-ethyl adjacent to an activating group) is 1. The van der Waals surface area contributed by atoms with E-state index in [9.17, 15) is 4.79 Å². The van der Waals surface area contributed by atoms with E-state index in [1.54, 1.807) is 20.2 Å². The van der Waals surface area contributed by atoms with E-state index < -0.39 is 0 Å². The smallest absolute Gasteiger partial charge is 0.257 e. The van der Waals surface area contributed by atoms with E-state index in [2.05, 4.69) is 10.3 Å². The second-order valence-corrected chi connectivity index (χ2v) is 6.22. The summed E-state index contributed by atoms with van der Waals surface area (Å²) in [4.78, 5) is 15.9. The summed E-state index contributed by atoms with van der Waals surface area (Å²) < 4.78 is 10.8. The number of aromatic nitrogens is 1. The number of nitrogens with zero attached hydrogens (tertiary/aromatic N) is 1. The zero-order chi connectivity index (χ0) is 19.2. The summed E-state index contributed by atoms with van der Waals surface area (Å²) in [7, 11) is 3.12. The lowest BCUT2D eigenvalue weighted by molar-refractivity contribution is -0.122. The van der Waals surface area contributed by atoms with Crippen molar-refractivity contribution in [3.05, 3.63) is 64.8 Å². The fourth-order valence-corrected chi connectivity index (χ4v) is 2.67. The fourth-order valence-electron chi connectivity index (χ4n) is 2.50. The molecule has 2 aromatic carbocycles.